The fourth-order valence-electron chi connectivity index (χ4n) is 3.50. The second-order valence-corrected chi connectivity index (χ2v) is 5.91. The van der Waals surface area contributed by atoms with Crippen molar-refractivity contribution in [2.45, 2.75) is 64.0 Å². The van der Waals surface area contributed by atoms with Crippen LogP contribution < -0.4 is 57.1 Å². The van der Waals surface area contributed by atoms with Crippen molar-refractivity contribution < 1.29 is 65.7 Å². The third-order valence-corrected chi connectivity index (χ3v) is 4.77. The number of carbonyl (C=O) groups excluding carboxylic acids is 2. The molecule has 1 heterocycles. The maximum atomic E-state index is 11.8. The summed E-state index contributed by atoms with van der Waals surface area (Å²) >= 11 is 0. The Morgan fingerprint density at radius 1 is 1.45 bits per heavy atom. The van der Waals surface area contributed by atoms with Gasteiger partial charge in [-0.25, -0.2) is 5.92 Å². The van der Waals surface area contributed by atoms with Crippen molar-refractivity contribution in [3.63, 3.8) is 0 Å². The minimum atomic E-state index is -0.829. The Bertz CT molecular complexity index is 357. The molecule has 0 spiro atoms. The summed E-state index contributed by atoms with van der Waals surface area (Å²) in [6, 6.07) is -0.269. The first-order valence-electron chi connectivity index (χ1n) is 7.28. The van der Waals surface area contributed by atoms with Crippen LogP contribution in [0.4, 0.5) is 0 Å². The number of ether oxygens (including phenoxy) is 1. The summed E-state index contributed by atoms with van der Waals surface area (Å²) in [6.45, 7) is 3.70. The molecule has 2 fully saturated rings. The van der Waals surface area contributed by atoms with E-state index in [2.05, 4.69) is 0 Å². The molecule has 1 aliphatic heterocycles. The van der Waals surface area contributed by atoms with Gasteiger partial charge in [0.15, 0.2) is 5.97 Å². The fourth-order valence-corrected chi connectivity index (χ4v) is 3.50. The number of hydrogen-bond acceptors (Lipinski definition) is 4. The topological polar surface area (TPSA) is 69.4 Å². The van der Waals surface area contributed by atoms with E-state index < -0.39 is 11.5 Å². The van der Waals surface area contributed by atoms with Crippen molar-refractivity contribution in [1.29, 1.82) is 0 Å². The van der Waals surface area contributed by atoms with Crippen LogP contribution in [0.15, 0.2) is 0 Å². The molecule has 4 nitrogen and oxygen atoms in total. The molecule has 0 aromatic carbocycles. The van der Waals surface area contributed by atoms with Gasteiger partial charge in [-0.1, -0.05) is 64.3 Å². The first kappa shape index (κ1) is 18.7. The van der Waals surface area contributed by atoms with E-state index in [0.29, 0.717) is 18.3 Å². The van der Waals surface area contributed by atoms with Crippen molar-refractivity contribution in [1.82, 2.24) is 0 Å². The number of carbonyl (C=O) groups is 1. The van der Waals surface area contributed by atoms with Gasteiger partial charge in [-0.05, 0) is 5.60 Å². The van der Waals surface area contributed by atoms with E-state index in [9.17, 15) is 9.59 Å². The summed E-state index contributed by atoms with van der Waals surface area (Å²) < 4.78 is 5.28. The van der Waals surface area contributed by atoms with Crippen LogP contribution >= 0.6 is 0 Å². The quantitative estimate of drug-likeness (QED) is 0.399. The Morgan fingerprint density at radius 2 is 2.05 bits per heavy atom. The van der Waals surface area contributed by atoms with Gasteiger partial charge >= 0.3 is 51.4 Å². The van der Waals surface area contributed by atoms with Crippen LogP contribution in [0.1, 0.15) is 52.4 Å². The molecule has 1 saturated carbocycles. The Labute approximate surface area is 164 Å². The number of cyclic esters (lactones) is 1. The van der Waals surface area contributed by atoms with Gasteiger partial charge < -0.3 is 15.3 Å². The largest absolute Gasteiger partial charge is 1.00 e. The molecule has 0 radical (unpaired) electrons. The third kappa shape index (κ3) is 3.33. The van der Waals surface area contributed by atoms with E-state index >= 15 is 0 Å². The van der Waals surface area contributed by atoms with E-state index in [-0.39, 0.29) is 63.4 Å². The summed E-state index contributed by atoms with van der Waals surface area (Å²) in [7, 11) is 0. The van der Waals surface area contributed by atoms with Gasteiger partial charge in [-0.3, -0.25) is 11.1 Å². The van der Waals surface area contributed by atoms with Crippen molar-refractivity contribution >= 4 is 12.3 Å². The minimum Gasteiger partial charge on any atom is -0.541 e. The van der Waals surface area contributed by atoms with Crippen molar-refractivity contribution in [2.24, 2.45) is 17.6 Å². The van der Waals surface area contributed by atoms with Crippen LogP contribution in [0.3, 0.4) is 0 Å². The van der Waals surface area contributed by atoms with E-state index in [1.54, 1.807) is 6.92 Å². The smallest absolute Gasteiger partial charge is 0.541 e. The summed E-state index contributed by atoms with van der Waals surface area (Å²) in [6.07, 6.45) is 8.33. The molecule has 2 rings (SSSR count). The van der Waals surface area contributed by atoms with Gasteiger partial charge in [0.2, 0.25) is 0 Å². The maximum absolute atomic E-state index is 11.8. The number of esters is 1. The van der Waals surface area contributed by atoms with Gasteiger partial charge in [-0.2, -0.15) is 0 Å². The summed E-state index contributed by atoms with van der Waals surface area (Å²) in [5.74, 6) is 0.221. The van der Waals surface area contributed by atoms with Crippen LogP contribution in [-0.4, -0.2) is 23.9 Å². The zero-order chi connectivity index (χ0) is 14.0. The van der Waals surface area contributed by atoms with Crippen LogP contribution in [0.2, 0.25) is 0 Å². The van der Waals surface area contributed by atoms with Gasteiger partial charge in [-0.15, -0.1) is 5.92 Å². The Hall–Kier alpha value is 0.606. The molecule has 0 amide bonds. The molecular weight excluding hydrogens is 281 g/mol. The SMILES string of the molecule is CCC([C-]=O)C1(C)OC(=O)[C-]1C(N)C1CCCCC1.[K+]. The van der Waals surface area contributed by atoms with Gasteiger partial charge in [0, 0.05) is 0 Å². The van der Waals surface area contributed by atoms with Gasteiger partial charge in [0.25, 0.3) is 0 Å². The molecule has 3 atom stereocenters. The molecule has 2 aliphatic rings. The Balaban J connectivity index is 0.00000200. The van der Waals surface area contributed by atoms with Crippen LogP contribution in [0.25, 0.3) is 0 Å². The molecule has 0 aromatic rings. The van der Waals surface area contributed by atoms with E-state index in [0.717, 1.165) is 12.8 Å². The maximum Gasteiger partial charge on any atom is 1.00 e. The molecule has 1 saturated heterocycles. The van der Waals surface area contributed by atoms with Gasteiger partial charge in [0.1, 0.15) is 0 Å². The number of nitrogens with two attached hydrogens (primary N) is 1. The molecule has 1 aliphatic carbocycles. The normalized spacial score (nSPS) is 29.8. The molecule has 0 bridgehead atoms. The predicted octanol–water partition coefficient (Wildman–Crippen LogP) is -1.08. The average molecular weight is 304 g/mol. The fraction of sp³-hybridized carbons (Fsp3) is 0.800. The second kappa shape index (κ2) is 7.74. The average Bonchev–Trinajstić information content (AvgIpc) is 2.40. The molecule has 2 N–H and O–H groups in total. The van der Waals surface area contributed by atoms with Gasteiger partial charge in [0.05, 0.1) is 0 Å². The Kier molecular flexibility index (Phi) is 7.22. The molecule has 20 heavy (non-hydrogen) atoms. The minimum absolute atomic E-state index is 0. The zero-order valence-corrected chi connectivity index (χ0v) is 15.9. The molecular formula is C15H23KNO3-. The first-order chi connectivity index (χ1) is 9.04. The molecule has 5 heteroatoms. The van der Waals surface area contributed by atoms with E-state index in [4.69, 9.17) is 10.5 Å². The summed E-state index contributed by atoms with van der Waals surface area (Å²) in [4.78, 5) is 22.9. The van der Waals surface area contributed by atoms with Crippen molar-refractivity contribution in [3.05, 3.63) is 5.92 Å². The third-order valence-electron chi connectivity index (χ3n) is 4.77. The van der Waals surface area contributed by atoms with Crippen LogP contribution in [-0.2, 0) is 14.3 Å². The first-order valence-corrected chi connectivity index (χ1v) is 7.28. The molecule has 0 aromatic heterocycles. The number of hydrogen-bond donors (Lipinski definition) is 1. The number of rotatable bonds is 5. The van der Waals surface area contributed by atoms with E-state index in [1.165, 1.54) is 19.3 Å². The van der Waals surface area contributed by atoms with Crippen LogP contribution in [0.5, 0.6) is 0 Å². The molecule has 3 unspecified atom stereocenters. The van der Waals surface area contributed by atoms with Crippen LogP contribution in [0, 0.1) is 17.8 Å². The monoisotopic (exact) mass is 304 g/mol. The van der Waals surface area contributed by atoms with E-state index in [1.807, 2.05) is 13.2 Å². The van der Waals surface area contributed by atoms with Crippen molar-refractivity contribution in [3.8, 4) is 0 Å². The van der Waals surface area contributed by atoms with Crippen molar-refractivity contribution in [2.75, 3.05) is 0 Å². The summed E-state index contributed by atoms with van der Waals surface area (Å²) in [5, 5.41) is 0. The standard InChI is InChI=1S/C15H23NO3.K/c1-3-11(9-17)15(2)12(14(18)19-15)13(16)10-7-5-4-6-8-10;/h10-11,13H,3-8,16H2,1-2H3;/q-2;+1. The second-order valence-electron chi connectivity index (χ2n) is 5.91. The predicted molar refractivity (Wildman–Crippen MR) is 71.8 cm³/mol. The Morgan fingerprint density at radius 3 is 2.50 bits per heavy atom. The zero-order valence-electron chi connectivity index (χ0n) is 12.8. The summed E-state index contributed by atoms with van der Waals surface area (Å²) in [5.41, 5.74) is 5.47. The molecule has 108 valence electrons.